The molecule has 0 aromatic heterocycles. The van der Waals surface area contributed by atoms with E-state index >= 15 is 0 Å². The Kier molecular flexibility index (Phi) is 3.81. The fourth-order valence-corrected chi connectivity index (χ4v) is 2.67. The highest BCUT2D eigenvalue weighted by atomic mass is 35.5. The van der Waals surface area contributed by atoms with Crippen LogP contribution in [0, 0.1) is 0 Å². The van der Waals surface area contributed by atoms with Gasteiger partial charge in [-0.1, -0.05) is 23.7 Å². The zero-order chi connectivity index (χ0) is 13.9. The van der Waals surface area contributed by atoms with Gasteiger partial charge >= 0.3 is 0 Å². The number of hydrogen-bond donors (Lipinski definition) is 2. The molecule has 1 aliphatic heterocycles. The molecular formula is C16H17ClN2O. The van der Waals surface area contributed by atoms with Crippen LogP contribution in [0.25, 0.3) is 0 Å². The number of nitrogens with one attached hydrogen (secondary N) is 1. The third kappa shape index (κ3) is 2.74. The van der Waals surface area contributed by atoms with Crippen molar-refractivity contribution in [3.05, 3.63) is 58.6 Å². The standard InChI is InChI=1S/C16H17ClN2O/c17-13-2-1-3-14(9-13)19-15(10-18)11-4-5-16-12(8-11)6-7-20-16/h1-5,8-9,15,19H,6-7,10,18H2. The number of nitrogens with two attached hydrogens (primary N) is 1. The van der Waals surface area contributed by atoms with E-state index in [1.807, 2.05) is 30.3 Å². The third-order valence-electron chi connectivity index (χ3n) is 3.52. The van der Waals surface area contributed by atoms with Crippen LogP contribution in [0.5, 0.6) is 5.75 Å². The van der Waals surface area contributed by atoms with Gasteiger partial charge in [-0.2, -0.15) is 0 Å². The summed E-state index contributed by atoms with van der Waals surface area (Å²) < 4.78 is 5.53. The SMILES string of the molecule is NCC(Nc1cccc(Cl)c1)c1ccc2c(c1)CCO2. The van der Waals surface area contributed by atoms with Crippen LogP contribution in [0.1, 0.15) is 17.2 Å². The Morgan fingerprint density at radius 1 is 1.25 bits per heavy atom. The number of halogens is 1. The summed E-state index contributed by atoms with van der Waals surface area (Å²) in [7, 11) is 0. The molecule has 3 nitrogen and oxygen atoms in total. The zero-order valence-electron chi connectivity index (χ0n) is 11.1. The summed E-state index contributed by atoms with van der Waals surface area (Å²) in [4.78, 5) is 0. The maximum atomic E-state index is 6.01. The van der Waals surface area contributed by atoms with Crippen LogP contribution in [-0.2, 0) is 6.42 Å². The van der Waals surface area contributed by atoms with E-state index in [2.05, 4.69) is 17.4 Å². The van der Waals surface area contributed by atoms with Gasteiger partial charge in [0.1, 0.15) is 5.75 Å². The van der Waals surface area contributed by atoms with Crippen molar-refractivity contribution in [3.8, 4) is 5.75 Å². The molecule has 20 heavy (non-hydrogen) atoms. The van der Waals surface area contributed by atoms with Gasteiger partial charge in [0, 0.05) is 23.7 Å². The van der Waals surface area contributed by atoms with Crippen molar-refractivity contribution in [2.24, 2.45) is 5.73 Å². The van der Waals surface area contributed by atoms with E-state index < -0.39 is 0 Å². The van der Waals surface area contributed by atoms with E-state index in [0.29, 0.717) is 11.6 Å². The van der Waals surface area contributed by atoms with Crippen molar-refractivity contribution in [1.82, 2.24) is 0 Å². The van der Waals surface area contributed by atoms with Gasteiger partial charge in [-0.05, 0) is 41.5 Å². The average Bonchev–Trinajstić information content (AvgIpc) is 2.92. The Labute approximate surface area is 123 Å². The van der Waals surface area contributed by atoms with Gasteiger partial charge in [-0.15, -0.1) is 0 Å². The molecule has 0 amide bonds. The molecular weight excluding hydrogens is 272 g/mol. The van der Waals surface area contributed by atoms with Gasteiger partial charge in [0.05, 0.1) is 12.6 Å². The molecule has 0 saturated carbocycles. The monoisotopic (exact) mass is 288 g/mol. The van der Waals surface area contributed by atoms with Crippen LogP contribution in [0.3, 0.4) is 0 Å². The smallest absolute Gasteiger partial charge is 0.122 e. The van der Waals surface area contributed by atoms with Crippen LogP contribution >= 0.6 is 11.6 Å². The molecule has 1 atom stereocenters. The number of ether oxygens (including phenoxy) is 1. The van der Waals surface area contributed by atoms with Gasteiger partial charge < -0.3 is 15.8 Å². The largest absolute Gasteiger partial charge is 0.493 e. The Hall–Kier alpha value is -1.71. The summed E-state index contributed by atoms with van der Waals surface area (Å²) in [5.74, 6) is 0.993. The fourth-order valence-electron chi connectivity index (χ4n) is 2.48. The number of rotatable bonds is 4. The predicted octanol–water partition coefficient (Wildman–Crippen LogP) is 3.39. The maximum Gasteiger partial charge on any atom is 0.122 e. The summed E-state index contributed by atoms with van der Waals surface area (Å²) in [6.07, 6.45) is 0.970. The van der Waals surface area contributed by atoms with E-state index in [9.17, 15) is 0 Å². The second kappa shape index (κ2) is 5.73. The zero-order valence-corrected chi connectivity index (χ0v) is 11.9. The number of benzene rings is 2. The molecule has 0 aliphatic carbocycles. The van der Waals surface area contributed by atoms with Crippen molar-refractivity contribution in [1.29, 1.82) is 0 Å². The number of hydrogen-bond acceptors (Lipinski definition) is 3. The average molecular weight is 289 g/mol. The predicted molar refractivity (Wildman–Crippen MR) is 82.5 cm³/mol. The molecule has 0 bridgehead atoms. The van der Waals surface area contributed by atoms with Crippen LogP contribution in [-0.4, -0.2) is 13.2 Å². The van der Waals surface area contributed by atoms with Gasteiger partial charge in [-0.3, -0.25) is 0 Å². The molecule has 2 aromatic rings. The third-order valence-corrected chi connectivity index (χ3v) is 3.75. The molecule has 1 aliphatic rings. The van der Waals surface area contributed by atoms with E-state index in [-0.39, 0.29) is 6.04 Å². The topological polar surface area (TPSA) is 47.3 Å². The minimum atomic E-state index is 0.0689. The van der Waals surface area contributed by atoms with E-state index in [4.69, 9.17) is 22.1 Å². The summed E-state index contributed by atoms with van der Waals surface area (Å²) >= 11 is 6.01. The quantitative estimate of drug-likeness (QED) is 0.906. The van der Waals surface area contributed by atoms with Gasteiger partial charge in [0.15, 0.2) is 0 Å². The van der Waals surface area contributed by atoms with Crippen molar-refractivity contribution in [2.45, 2.75) is 12.5 Å². The van der Waals surface area contributed by atoms with Crippen molar-refractivity contribution in [3.63, 3.8) is 0 Å². The highest BCUT2D eigenvalue weighted by Crippen LogP contribution is 2.29. The highest BCUT2D eigenvalue weighted by molar-refractivity contribution is 6.30. The molecule has 1 unspecified atom stereocenters. The summed E-state index contributed by atoms with van der Waals surface area (Å²) in [6, 6.07) is 14.0. The number of fused-ring (bicyclic) bond motifs is 1. The first kappa shape index (κ1) is 13.3. The van der Waals surface area contributed by atoms with Crippen molar-refractivity contribution >= 4 is 17.3 Å². The first-order valence-electron chi connectivity index (χ1n) is 6.74. The van der Waals surface area contributed by atoms with Crippen LogP contribution in [0.15, 0.2) is 42.5 Å². The van der Waals surface area contributed by atoms with E-state index in [1.54, 1.807) is 0 Å². The second-order valence-electron chi connectivity index (χ2n) is 4.91. The molecule has 2 aromatic carbocycles. The molecule has 3 N–H and O–H groups in total. The fraction of sp³-hybridized carbons (Fsp3) is 0.250. The van der Waals surface area contributed by atoms with Crippen LogP contribution in [0.4, 0.5) is 5.69 Å². The molecule has 104 valence electrons. The minimum Gasteiger partial charge on any atom is -0.493 e. The van der Waals surface area contributed by atoms with E-state index in [1.165, 1.54) is 11.1 Å². The van der Waals surface area contributed by atoms with E-state index in [0.717, 1.165) is 24.5 Å². The summed E-state index contributed by atoms with van der Waals surface area (Å²) in [6.45, 7) is 1.29. The van der Waals surface area contributed by atoms with Crippen molar-refractivity contribution < 1.29 is 4.74 Å². The van der Waals surface area contributed by atoms with Gasteiger partial charge in [0.2, 0.25) is 0 Å². The molecule has 0 fully saturated rings. The van der Waals surface area contributed by atoms with Gasteiger partial charge in [-0.25, -0.2) is 0 Å². The molecule has 4 heteroatoms. The van der Waals surface area contributed by atoms with Crippen LogP contribution < -0.4 is 15.8 Å². The lowest BCUT2D eigenvalue weighted by atomic mass is 10.0. The normalized spacial score (nSPS) is 14.5. The Balaban J connectivity index is 1.83. The Morgan fingerprint density at radius 2 is 2.15 bits per heavy atom. The molecule has 0 radical (unpaired) electrons. The second-order valence-corrected chi connectivity index (χ2v) is 5.35. The molecule has 1 heterocycles. The first-order chi connectivity index (χ1) is 9.76. The lowest BCUT2D eigenvalue weighted by molar-refractivity contribution is 0.357. The van der Waals surface area contributed by atoms with Gasteiger partial charge in [0.25, 0.3) is 0 Å². The maximum absolute atomic E-state index is 6.01. The number of anilines is 1. The molecule has 0 saturated heterocycles. The Bertz CT molecular complexity index is 615. The first-order valence-corrected chi connectivity index (χ1v) is 7.12. The minimum absolute atomic E-state index is 0.0689. The van der Waals surface area contributed by atoms with Crippen LogP contribution in [0.2, 0.25) is 5.02 Å². The highest BCUT2D eigenvalue weighted by Gasteiger charge is 2.16. The summed E-state index contributed by atoms with van der Waals surface area (Å²) in [5.41, 5.74) is 9.32. The lowest BCUT2D eigenvalue weighted by Gasteiger charge is -2.19. The molecule has 3 rings (SSSR count). The Morgan fingerprint density at radius 3 is 2.95 bits per heavy atom. The van der Waals surface area contributed by atoms with Crippen molar-refractivity contribution in [2.75, 3.05) is 18.5 Å². The summed E-state index contributed by atoms with van der Waals surface area (Å²) in [5, 5.41) is 4.14. The molecule has 0 spiro atoms. The lowest BCUT2D eigenvalue weighted by Crippen LogP contribution is -2.20.